The zero-order valence-corrected chi connectivity index (χ0v) is 16.6. The van der Waals surface area contributed by atoms with Gasteiger partial charge in [-0.2, -0.15) is 5.10 Å². The number of piperidine rings is 1. The van der Waals surface area contributed by atoms with Crippen molar-refractivity contribution < 1.29 is 4.79 Å². The SMILES string of the molecule is CCN(CCNC(=O)[C@@H]1CCCN(c2cn[nH]c(=O)c2)C1)c1cccc(C)c1. The van der Waals surface area contributed by atoms with Gasteiger partial charge in [-0.1, -0.05) is 12.1 Å². The second kappa shape index (κ2) is 9.39. The van der Waals surface area contributed by atoms with E-state index in [1.54, 1.807) is 6.20 Å². The molecule has 2 heterocycles. The van der Waals surface area contributed by atoms with Gasteiger partial charge < -0.3 is 15.1 Å². The van der Waals surface area contributed by atoms with E-state index in [1.807, 2.05) is 0 Å². The van der Waals surface area contributed by atoms with Crippen LogP contribution in [0.4, 0.5) is 11.4 Å². The summed E-state index contributed by atoms with van der Waals surface area (Å²) >= 11 is 0. The molecule has 0 aliphatic carbocycles. The fourth-order valence-electron chi connectivity index (χ4n) is 3.72. The van der Waals surface area contributed by atoms with Crippen molar-refractivity contribution in [1.29, 1.82) is 0 Å². The smallest absolute Gasteiger partial charge is 0.266 e. The van der Waals surface area contributed by atoms with Crippen molar-refractivity contribution in [1.82, 2.24) is 15.5 Å². The molecule has 0 radical (unpaired) electrons. The molecule has 1 atom stereocenters. The number of anilines is 2. The molecule has 2 aromatic rings. The minimum absolute atomic E-state index is 0.0675. The largest absolute Gasteiger partial charge is 0.370 e. The molecule has 1 amide bonds. The third-order valence-electron chi connectivity index (χ3n) is 5.24. The quantitative estimate of drug-likeness (QED) is 0.764. The summed E-state index contributed by atoms with van der Waals surface area (Å²) in [7, 11) is 0. The van der Waals surface area contributed by atoms with Gasteiger partial charge in [0.25, 0.3) is 5.56 Å². The molecule has 0 unspecified atom stereocenters. The number of aryl methyl sites for hydroxylation is 1. The van der Waals surface area contributed by atoms with Crippen LogP contribution in [0.25, 0.3) is 0 Å². The maximum Gasteiger partial charge on any atom is 0.266 e. The molecular weight excluding hydrogens is 354 g/mol. The molecule has 1 saturated heterocycles. The Bertz CT molecular complexity index is 850. The summed E-state index contributed by atoms with van der Waals surface area (Å²) in [4.78, 5) is 28.5. The van der Waals surface area contributed by atoms with E-state index in [1.165, 1.54) is 17.3 Å². The van der Waals surface area contributed by atoms with Gasteiger partial charge in [-0.3, -0.25) is 9.59 Å². The molecule has 7 nitrogen and oxygen atoms in total. The number of hydrogen-bond donors (Lipinski definition) is 2. The number of benzene rings is 1. The van der Waals surface area contributed by atoms with Crippen LogP contribution < -0.4 is 20.7 Å². The van der Waals surface area contributed by atoms with Gasteiger partial charge in [0.2, 0.25) is 5.91 Å². The van der Waals surface area contributed by atoms with Crippen LogP contribution in [0.2, 0.25) is 0 Å². The lowest BCUT2D eigenvalue weighted by atomic mass is 9.97. The molecule has 1 aliphatic heterocycles. The van der Waals surface area contributed by atoms with Crippen molar-refractivity contribution in [2.24, 2.45) is 5.92 Å². The number of aromatic nitrogens is 2. The molecule has 7 heteroatoms. The third kappa shape index (κ3) is 5.12. The number of nitrogens with zero attached hydrogens (tertiary/aromatic N) is 3. The summed E-state index contributed by atoms with van der Waals surface area (Å²) in [5.41, 5.74) is 2.97. The lowest BCUT2D eigenvalue weighted by Crippen LogP contribution is -2.45. The number of nitrogens with one attached hydrogen (secondary N) is 2. The van der Waals surface area contributed by atoms with Gasteiger partial charge in [-0.15, -0.1) is 0 Å². The van der Waals surface area contributed by atoms with E-state index in [-0.39, 0.29) is 17.4 Å². The topological polar surface area (TPSA) is 81.3 Å². The van der Waals surface area contributed by atoms with Gasteiger partial charge in [0.1, 0.15) is 0 Å². The lowest BCUT2D eigenvalue weighted by molar-refractivity contribution is -0.125. The highest BCUT2D eigenvalue weighted by atomic mass is 16.2. The first kappa shape index (κ1) is 19.9. The summed E-state index contributed by atoms with van der Waals surface area (Å²) in [5.74, 6) is 0.0184. The molecule has 1 aromatic carbocycles. The molecular formula is C21H29N5O2. The Morgan fingerprint density at radius 1 is 1.39 bits per heavy atom. The molecule has 1 aromatic heterocycles. The van der Waals surface area contributed by atoms with E-state index in [2.05, 4.69) is 63.4 Å². The molecule has 2 N–H and O–H groups in total. The predicted molar refractivity (Wildman–Crippen MR) is 112 cm³/mol. The van der Waals surface area contributed by atoms with Crippen LogP contribution in [0.3, 0.4) is 0 Å². The normalized spacial score (nSPS) is 16.6. The standard InChI is InChI=1S/C21H29N5O2/c1-3-25(18-8-4-6-16(2)12-18)11-9-22-21(28)17-7-5-10-26(15-17)19-13-20(27)24-23-14-19/h4,6,8,12-14,17H,3,5,7,9-11,15H2,1-2H3,(H,22,28)(H,24,27)/t17-/m1/s1. The van der Waals surface area contributed by atoms with Crippen molar-refractivity contribution in [3.05, 3.63) is 52.4 Å². The van der Waals surface area contributed by atoms with Crippen molar-refractivity contribution >= 4 is 17.3 Å². The molecule has 3 rings (SSSR count). The monoisotopic (exact) mass is 383 g/mol. The van der Waals surface area contributed by atoms with E-state index in [9.17, 15) is 9.59 Å². The van der Waals surface area contributed by atoms with Crippen LogP contribution >= 0.6 is 0 Å². The zero-order valence-electron chi connectivity index (χ0n) is 16.6. The maximum absolute atomic E-state index is 12.7. The Labute approximate surface area is 165 Å². The minimum atomic E-state index is -0.222. The van der Waals surface area contributed by atoms with Gasteiger partial charge in [0.05, 0.1) is 17.8 Å². The number of hydrogen-bond acceptors (Lipinski definition) is 5. The highest BCUT2D eigenvalue weighted by molar-refractivity contribution is 5.79. The van der Waals surface area contributed by atoms with E-state index < -0.39 is 0 Å². The third-order valence-corrected chi connectivity index (χ3v) is 5.24. The second-order valence-corrected chi connectivity index (χ2v) is 7.30. The second-order valence-electron chi connectivity index (χ2n) is 7.30. The Morgan fingerprint density at radius 3 is 3.00 bits per heavy atom. The van der Waals surface area contributed by atoms with Crippen molar-refractivity contribution in [3.8, 4) is 0 Å². The van der Waals surface area contributed by atoms with Crippen molar-refractivity contribution in [3.63, 3.8) is 0 Å². The zero-order chi connectivity index (χ0) is 19.9. The fraction of sp³-hybridized carbons (Fsp3) is 0.476. The average Bonchev–Trinajstić information content (AvgIpc) is 2.71. The van der Waals surface area contributed by atoms with Gasteiger partial charge in [-0.05, 0) is 44.4 Å². The van der Waals surface area contributed by atoms with Gasteiger partial charge >= 0.3 is 0 Å². The molecule has 0 bridgehead atoms. The van der Waals surface area contributed by atoms with Gasteiger partial charge in [-0.25, -0.2) is 5.10 Å². The molecule has 1 fully saturated rings. The van der Waals surface area contributed by atoms with E-state index in [0.717, 1.165) is 38.2 Å². The number of aromatic amines is 1. The van der Waals surface area contributed by atoms with Crippen molar-refractivity contribution in [2.75, 3.05) is 42.5 Å². The number of carbonyl (C=O) groups is 1. The summed E-state index contributed by atoms with van der Waals surface area (Å²) in [6.45, 7) is 7.96. The summed E-state index contributed by atoms with van der Waals surface area (Å²) in [5, 5.41) is 9.34. The highest BCUT2D eigenvalue weighted by Gasteiger charge is 2.26. The first-order chi connectivity index (χ1) is 13.6. The number of amides is 1. The Morgan fingerprint density at radius 2 is 2.25 bits per heavy atom. The van der Waals surface area contributed by atoms with Crippen LogP contribution in [-0.4, -0.2) is 48.8 Å². The Balaban J connectivity index is 1.52. The predicted octanol–water partition coefficient (Wildman–Crippen LogP) is 1.94. The molecule has 1 aliphatic rings. The van der Waals surface area contributed by atoms with E-state index in [0.29, 0.717) is 13.1 Å². The molecule has 150 valence electrons. The number of H-pyrrole nitrogens is 1. The first-order valence-electron chi connectivity index (χ1n) is 9.96. The van der Waals surface area contributed by atoms with E-state index >= 15 is 0 Å². The Hall–Kier alpha value is -2.83. The van der Waals surface area contributed by atoms with Crippen molar-refractivity contribution in [2.45, 2.75) is 26.7 Å². The van der Waals surface area contributed by atoms with Gasteiger partial charge in [0, 0.05) is 44.5 Å². The minimum Gasteiger partial charge on any atom is -0.370 e. The fourth-order valence-corrected chi connectivity index (χ4v) is 3.72. The van der Waals surface area contributed by atoms with Crippen LogP contribution in [0, 0.1) is 12.8 Å². The average molecular weight is 383 g/mol. The summed E-state index contributed by atoms with van der Waals surface area (Å²) in [6.07, 6.45) is 3.44. The molecule has 0 saturated carbocycles. The summed E-state index contributed by atoms with van der Waals surface area (Å²) < 4.78 is 0. The van der Waals surface area contributed by atoms with Gasteiger partial charge in [0.15, 0.2) is 0 Å². The highest BCUT2D eigenvalue weighted by Crippen LogP contribution is 2.21. The summed E-state index contributed by atoms with van der Waals surface area (Å²) in [6, 6.07) is 9.96. The first-order valence-corrected chi connectivity index (χ1v) is 9.96. The number of rotatable bonds is 7. The van der Waals surface area contributed by atoms with Crippen LogP contribution in [0.5, 0.6) is 0 Å². The Kier molecular flexibility index (Phi) is 6.68. The van der Waals surface area contributed by atoms with Crippen LogP contribution in [-0.2, 0) is 4.79 Å². The molecule has 0 spiro atoms. The lowest BCUT2D eigenvalue weighted by Gasteiger charge is -2.33. The molecule has 28 heavy (non-hydrogen) atoms. The number of carbonyl (C=O) groups excluding carboxylic acids is 1. The van der Waals surface area contributed by atoms with Crippen LogP contribution in [0.15, 0.2) is 41.3 Å². The van der Waals surface area contributed by atoms with E-state index in [4.69, 9.17) is 0 Å². The number of likely N-dealkylation sites (N-methyl/N-ethyl adjacent to an activating group) is 1. The maximum atomic E-state index is 12.7. The van der Waals surface area contributed by atoms with Crippen LogP contribution in [0.1, 0.15) is 25.3 Å².